The van der Waals surface area contributed by atoms with Crippen LogP contribution in [0.15, 0.2) is 42.6 Å². The van der Waals surface area contributed by atoms with Crippen LogP contribution in [0.4, 0.5) is 4.79 Å². The van der Waals surface area contributed by atoms with Crippen molar-refractivity contribution in [1.82, 2.24) is 15.1 Å². The summed E-state index contributed by atoms with van der Waals surface area (Å²) < 4.78 is 0. The van der Waals surface area contributed by atoms with Gasteiger partial charge < -0.3 is 15.1 Å². The molecule has 110 valence electrons. The normalized spacial score (nSPS) is 26.2. The number of hydrogen-bond acceptors (Lipinski definition) is 2. The number of urea groups is 1. The fourth-order valence-electron chi connectivity index (χ4n) is 3.05. The molecule has 2 saturated heterocycles. The van der Waals surface area contributed by atoms with E-state index in [1.54, 1.807) is 16.8 Å². The van der Waals surface area contributed by atoms with E-state index in [1.165, 1.54) is 0 Å². The number of carbonyl (C=O) groups is 2. The van der Waals surface area contributed by atoms with Crippen LogP contribution < -0.4 is 5.32 Å². The number of carbonyl (C=O) groups excluding carboxylic acids is 2. The van der Waals surface area contributed by atoms with Gasteiger partial charge in [-0.2, -0.15) is 0 Å². The Morgan fingerprint density at radius 1 is 1.19 bits per heavy atom. The van der Waals surface area contributed by atoms with Gasteiger partial charge in [-0.1, -0.05) is 36.9 Å². The van der Waals surface area contributed by atoms with Gasteiger partial charge in [-0.3, -0.25) is 4.79 Å². The van der Waals surface area contributed by atoms with Crippen molar-refractivity contribution in [3.8, 4) is 0 Å². The Labute approximate surface area is 124 Å². The van der Waals surface area contributed by atoms with Gasteiger partial charge in [0.2, 0.25) is 5.91 Å². The molecule has 2 heterocycles. The second-order valence-electron chi connectivity index (χ2n) is 5.62. The van der Waals surface area contributed by atoms with Gasteiger partial charge in [0.15, 0.2) is 0 Å². The maximum atomic E-state index is 12.5. The Bertz CT molecular complexity index is 584. The van der Waals surface area contributed by atoms with E-state index in [1.807, 2.05) is 30.3 Å². The number of likely N-dealkylation sites (N-methyl/N-ethyl adjacent to an activating group) is 1. The molecular weight excluding hydrogens is 266 g/mol. The standard InChI is InChI=1S/C16H19N3O2/c1-11-8-9-13(15(20)17-11)19-10-14(18(2)16(19)21)12-6-4-3-5-7-12/h3-7,13-14H,1,8-10H2,2H3,(H,17,20). The summed E-state index contributed by atoms with van der Waals surface area (Å²) in [5, 5.41) is 2.75. The monoisotopic (exact) mass is 285 g/mol. The van der Waals surface area contributed by atoms with Crippen molar-refractivity contribution in [1.29, 1.82) is 0 Å². The van der Waals surface area contributed by atoms with Crippen molar-refractivity contribution in [2.75, 3.05) is 13.6 Å². The molecule has 1 N–H and O–H groups in total. The van der Waals surface area contributed by atoms with Gasteiger partial charge in [0.05, 0.1) is 6.04 Å². The molecule has 3 amide bonds. The van der Waals surface area contributed by atoms with Gasteiger partial charge in [0.25, 0.3) is 0 Å². The number of hydrogen-bond donors (Lipinski definition) is 1. The average Bonchev–Trinajstić information content (AvgIpc) is 2.77. The van der Waals surface area contributed by atoms with Crippen LogP contribution in [0.25, 0.3) is 0 Å². The Balaban J connectivity index is 1.81. The first-order valence-electron chi connectivity index (χ1n) is 7.15. The smallest absolute Gasteiger partial charge is 0.321 e. The van der Waals surface area contributed by atoms with E-state index in [9.17, 15) is 9.59 Å². The molecule has 5 nitrogen and oxygen atoms in total. The SMILES string of the molecule is C=C1CCC(N2CC(c3ccccc3)N(C)C2=O)C(=O)N1. The molecule has 0 aromatic heterocycles. The number of piperidine rings is 1. The van der Waals surface area contributed by atoms with E-state index in [0.29, 0.717) is 13.0 Å². The molecule has 5 heteroatoms. The van der Waals surface area contributed by atoms with Crippen molar-refractivity contribution in [3.63, 3.8) is 0 Å². The number of rotatable bonds is 2. The molecule has 2 atom stereocenters. The van der Waals surface area contributed by atoms with Gasteiger partial charge in [0, 0.05) is 19.3 Å². The quantitative estimate of drug-likeness (QED) is 0.902. The first-order chi connectivity index (χ1) is 10.1. The summed E-state index contributed by atoms with van der Waals surface area (Å²) in [7, 11) is 1.79. The number of nitrogens with one attached hydrogen (secondary N) is 1. The van der Waals surface area contributed by atoms with Crippen LogP contribution in [-0.4, -0.2) is 41.4 Å². The van der Waals surface area contributed by atoms with Crippen LogP contribution in [0.2, 0.25) is 0 Å². The highest BCUT2D eigenvalue weighted by molar-refractivity contribution is 5.89. The molecule has 0 spiro atoms. The third-order valence-corrected chi connectivity index (χ3v) is 4.27. The zero-order valence-electron chi connectivity index (χ0n) is 12.1. The average molecular weight is 285 g/mol. The van der Waals surface area contributed by atoms with Gasteiger partial charge >= 0.3 is 6.03 Å². The van der Waals surface area contributed by atoms with Crippen molar-refractivity contribution in [3.05, 3.63) is 48.2 Å². The summed E-state index contributed by atoms with van der Waals surface area (Å²) >= 11 is 0. The van der Waals surface area contributed by atoms with E-state index in [2.05, 4.69) is 11.9 Å². The van der Waals surface area contributed by atoms with Crippen LogP contribution in [-0.2, 0) is 4.79 Å². The van der Waals surface area contributed by atoms with Gasteiger partial charge in [-0.25, -0.2) is 4.79 Å². The molecule has 2 aliphatic heterocycles. The Morgan fingerprint density at radius 2 is 1.90 bits per heavy atom. The molecule has 0 saturated carbocycles. The molecule has 2 unspecified atom stereocenters. The second kappa shape index (κ2) is 5.24. The zero-order valence-corrected chi connectivity index (χ0v) is 12.1. The highest BCUT2D eigenvalue weighted by Gasteiger charge is 2.42. The predicted molar refractivity (Wildman–Crippen MR) is 79.4 cm³/mol. The maximum absolute atomic E-state index is 12.5. The van der Waals surface area contributed by atoms with Crippen LogP contribution in [0.3, 0.4) is 0 Å². The lowest BCUT2D eigenvalue weighted by Crippen LogP contribution is -2.50. The van der Waals surface area contributed by atoms with Gasteiger partial charge in [-0.05, 0) is 18.4 Å². The number of allylic oxidation sites excluding steroid dienone is 1. The lowest BCUT2D eigenvalue weighted by atomic mass is 10.0. The van der Waals surface area contributed by atoms with E-state index >= 15 is 0 Å². The van der Waals surface area contributed by atoms with E-state index < -0.39 is 0 Å². The molecule has 0 aliphatic carbocycles. The summed E-state index contributed by atoms with van der Waals surface area (Å²) in [5.74, 6) is -0.123. The zero-order chi connectivity index (χ0) is 15.0. The third-order valence-electron chi connectivity index (χ3n) is 4.27. The number of benzene rings is 1. The molecule has 1 aromatic carbocycles. The number of amides is 3. The highest BCUT2D eigenvalue weighted by atomic mass is 16.2. The van der Waals surface area contributed by atoms with E-state index in [-0.39, 0.29) is 24.0 Å². The lowest BCUT2D eigenvalue weighted by molar-refractivity contribution is -0.125. The minimum absolute atomic E-state index is 0.00312. The largest absolute Gasteiger partial charge is 0.329 e. The fraction of sp³-hybridized carbons (Fsp3) is 0.375. The van der Waals surface area contributed by atoms with Gasteiger partial charge in [-0.15, -0.1) is 0 Å². The van der Waals surface area contributed by atoms with Gasteiger partial charge in [0.1, 0.15) is 6.04 Å². The molecule has 3 rings (SSSR count). The summed E-state index contributed by atoms with van der Waals surface area (Å²) in [6, 6.07) is 9.44. The summed E-state index contributed by atoms with van der Waals surface area (Å²) in [6.45, 7) is 4.32. The van der Waals surface area contributed by atoms with Crippen LogP contribution in [0.5, 0.6) is 0 Å². The second-order valence-corrected chi connectivity index (χ2v) is 5.62. The minimum Gasteiger partial charge on any atom is -0.329 e. The summed E-state index contributed by atoms with van der Waals surface area (Å²) in [5.41, 5.74) is 1.83. The fourth-order valence-corrected chi connectivity index (χ4v) is 3.05. The first-order valence-corrected chi connectivity index (χ1v) is 7.15. The molecule has 21 heavy (non-hydrogen) atoms. The number of nitrogens with zero attached hydrogens (tertiary/aromatic N) is 2. The topological polar surface area (TPSA) is 52.7 Å². The van der Waals surface area contributed by atoms with E-state index in [4.69, 9.17) is 0 Å². The third kappa shape index (κ3) is 2.39. The molecular formula is C16H19N3O2. The maximum Gasteiger partial charge on any atom is 0.321 e. The molecule has 0 bridgehead atoms. The van der Waals surface area contributed by atoms with Crippen molar-refractivity contribution in [2.45, 2.75) is 24.9 Å². The first kappa shape index (κ1) is 13.7. The Kier molecular flexibility index (Phi) is 3.41. The van der Waals surface area contributed by atoms with Crippen LogP contribution in [0, 0.1) is 0 Å². The molecule has 2 aliphatic rings. The predicted octanol–water partition coefficient (Wildman–Crippen LogP) is 1.89. The molecule has 2 fully saturated rings. The summed E-state index contributed by atoms with van der Waals surface area (Å²) in [4.78, 5) is 28.0. The Hall–Kier alpha value is -2.30. The van der Waals surface area contributed by atoms with Crippen molar-refractivity contribution >= 4 is 11.9 Å². The minimum atomic E-state index is -0.390. The van der Waals surface area contributed by atoms with Crippen LogP contribution >= 0.6 is 0 Å². The van der Waals surface area contributed by atoms with Crippen LogP contribution in [0.1, 0.15) is 24.4 Å². The van der Waals surface area contributed by atoms with Crippen molar-refractivity contribution < 1.29 is 9.59 Å². The highest BCUT2D eigenvalue weighted by Crippen LogP contribution is 2.31. The Morgan fingerprint density at radius 3 is 2.57 bits per heavy atom. The molecule has 0 radical (unpaired) electrons. The lowest BCUT2D eigenvalue weighted by Gasteiger charge is -2.30. The van der Waals surface area contributed by atoms with Crippen molar-refractivity contribution in [2.24, 2.45) is 0 Å². The van der Waals surface area contributed by atoms with E-state index in [0.717, 1.165) is 17.7 Å². The molecule has 1 aromatic rings. The summed E-state index contributed by atoms with van der Waals surface area (Å²) in [6.07, 6.45) is 1.37.